The van der Waals surface area contributed by atoms with Crippen LogP contribution >= 0.6 is 0 Å². The van der Waals surface area contributed by atoms with Crippen molar-refractivity contribution in [2.45, 2.75) is 57.9 Å². The zero-order valence-corrected chi connectivity index (χ0v) is 16.5. The maximum Gasteiger partial charge on any atom is 0.335 e. The average Bonchev–Trinajstić information content (AvgIpc) is 2.65. The van der Waals surface area contributed by atoms with E-state index in [2.05, 4.69) is 6.58 Å². The van der Waals surface area contributed by atoms with E-state index in [1.54, 1.807) is 39.8 Å². The lowest BCUT2D eigenvalue weighted by Crippen LogP contribution is -2.45. The van der Waals surface area contributed by atoms with Crippen LogP contribution in [0.4, 0.5) is 0 Å². The lowest BCUT2D eigenvalue weighted by atomic mass is 9.61. The molecule has 142 valence electrons. The van der Waals surface area contributed by atoms with Crippen molar-refractivity contribution in [3.63, 3.8) is 0 Å². The van der Waals surface area contributed by atoms with E-state index in [0.717, 1.165) is 27.8 Å². The number of benzene rings is 2. The minimum atomic E-state index is -2.31. The maximum atomic E-state index is 11.1. The van der Waals surface area contributed by atoms with Crippen LogP contribution in [0.2, 0.25) is 0 Å². The first-order chi connectivity index (χ1) is 13.6. The van der Waals surface area contributed by atoms with Crippen molar-refractivity contribution in [2.24, 2.45) is 0 Å². The highest BCUT2D eigenvalue weighted by atomic mass is 16.4. The van der Waals surface area contributed by atoms with Gasteiger partial charge in [-0.2, -0.15) is 0 Å². The highest BCUT2D eigenvalue weighted by Gasteiger charge is 2.43. The van der Waals surface area contributed by atoms with Gasteiger partial charge in [0.2, 0.25) is 0 Å². The quantitative estimate of drug-likeness (QED) is 0.796. The normalized spacial score (nSPS) is 26.2. The summed E-state index contributed by atoms with van der Waals surface area (Å²) >= 11 is 0. The lowest BCUT2D eigenvalue weighted by Gasteiger charge is -2.46. The third-order valence-corrected chi connectivity index (χ3v) is 5.54. The molecule has 0 aromatic heterocycles. The standard InChI is InChI=1S/C24H28O3/c1-14-11-20-19(23(3,4)13-21(25)24(20,5)6)12-18(14)15(2)16-7-9-17(10-8-16)22(26)27/h7-12,21,25H,2,13H2,1,3-6H3,(H,26,27)/i13D2,21D. The Morgan fingerprint density at radius 3 is 2.26 bits per heavy atom. The molecule has 0 bridgehead atoms. The largest absolute Gasteiger partial charge is 0.478 e. The summed E-state index contributed by atoms with van der Waals surface area (Å²) in [7, 11) is 0. The summed E-state index contributed by atoms with van der Waals surface area (Å²) in [6.07, 6.45) is -4.51. The molecule has 1 atom stereocenters. The Hall–Kier alpha value is -2.39. The molecule has 27 heavy (non-hydrogen) atoms. The van der Waals surface area contributed by atoms with Gasteiger partial charge in [-0.25, -0.2) is 4.79 Å². The van der Waals surface area contributed by atoms with Crippen LogP contribution in [-0.4, -0.2) is 22.3 Å². The van der Waals surface area contributed by atoms with Crippen LogP contribution in [-0.2, 0) is 10.8 Å². The zero-order valence-electron chi connectivity index (χ0n) is 19.5. The van der Waals surface area contributed by atoms with Gasteiger partial charge in [0, 0.05) is 8.16 Å². The number of hydrogen-bond acceptors (Lipinski definition) is 2. The van der Waals surface area contributed by atoms with Gasteiger partial charge in [-0.3, -0.25) is 0 Å². The molecule has 0 amide bonds. The number of fused-ring (bicyclic) bond motifs is 1. The maximum absolute atomic E-state index is 11.1. The van der Waals surface area contributed by atoms with Crippen LogP contribution in [0.3, 0.4) is 0 Å². The minimum Gasteiger partial charge on any atom is -0.478 e. The van der Waals surface area contributed by atoms with Gasteiger partial charge in [0.25, 0.3) is 0 Å². The number of carboxylic acids is 1. The Bertz CT molecular complexity index is 1050. The van der Waals surface area contributed by atoms with Crippen molar-refractivity contribution in [1.82, 2.24) is 0 Å². The molecule has 0 fully saturated rings. The molecule has 2 aromatic carbocycles. The Morgan fingerprint density at radius 1 is 1.15 bits per heavy atom. The molecule has 0 saturated carbocycles. The highest BCUT2D eigenvalue weighted by Crippen LogP contribution is 2.47. The molecule has 2 aromatic rings. The van der Waals surface area contributed by atoms with Crippen molar-refractivity contribution in [2.75, 3.05) is 0 Å². The fourth-order valence-electron chi connectivity index (χ4n) is 3.68. The van der Waals surface area contributed by atoms with Crippen molar-refractivity contribution in [3.05, 3.63) is 76.4 Å². The van der Waals surface area contributed by atoms with Gasteiger partial charge < -0.3 is 10.2 Å². The van der Waals surface area contributed by atoms with Crippen molar-refractivity contribution >= 4 is 11.5 Å². The van der Waals surface area contributed by atoms with Gasteiger partial charge in [0.15, 0.2) is 0 Å². The van der Waals surface area contributed by atoms with Crippen molar-refractivity contribution < 1.29 is 19.1 Å². The summed E-state index contributed by atoms with van der Waals surface area (Å²) in [5, 5.41) is 20.1. The first kappa shape index (κ1) is 15.6. The van der Waals surface area contributed by atoms with Gasteiger partial charge in [-0.05, 0) is 64.2 Å². The molecule has 2 N–H and O–H groups in total. The molecular formula is C24H28O3. The predicted octanol–water partition coefficient (Wildman–Crippen LogP) is 5.07. The summed E-state index contributed by atoms with van der Waals surface area (Å²) in [6.45, 7) is 12.9. The van der Waals surface area contributed by atoms with E-state index in [-0.39, 0.29) is 5.56 Å². The fraction of sp³-hybridized carbons (Fsp3) is 0.375. The summed E-state index contributed by atoms with van der Waals surface area (Å²) < 4.78 is 25.8. The van der Waals surface area contributed by atoms with E-state index in [9.17, 15) is 9.90 Å². The van der Waals surface area contributed by atoms with Crippen molar-refractivity contribution in [3.8, 4) is 0 Å². The topological polar surface area (TPSA) is 57.5 Å². The van der Waals surface area contributed by atoms with Gasteiger partial charge in [-0.15, -0.1) is 0 Å². The monoisotopic (exact) mass is 367 g/mol. The van der Waals surface area contributed by atoms with Gasteiger partial charge in [0.05, 0.1) is 13.0 Å². The van der Waals surface area contributed by atoms with E-state index >= 15 is 0 Å². The molecule has 0 aliphatic heterocycles. The molecule has 0 spiro atoms. The molecule has 3 nitrogen and oxygen atoms in total. The second-order valence-corrected chi connectivity index (χ2v) is 8.30. The Balaban J connectivity index is 2.21. The molecule has 1 aliphatic carbocycles. The van der Waals surface area contributed by atoms with E-state index in [0.29, 0.717) is 5.57 Å². The van der Waals surface area contributed by atoms with Crippen LogP contribution in [0.5, 0.6) is 0 Å². The summed E-state index contributed by atoms with van der Waals surface area (Å²) in [5.41, 5.74) is 2.62. The summed E-state index contributed by atoms with van der Waals surface area (Å²) in [5.74, 6) is -0.994. The fourth-order valence-corrected chi connectivity index (χ4v) is 3.68. The Morgan fingerprint density at radius 2 is 1.70 bits per heavy atom. The molecule has 0 radical (unpaired) electrons. The molecule has 0 heterocycles. The Labute approximate surface area is 165 Å². The van der Waals surface area contributed by atoms with Crippen LogP contribution in [0, 0.1) is 6.92 Å². The van der Waals surface area contributed by atoms with Gasteiger partial charge in [-0.1, -0.05) is 58.5 Å². The van der Waals surface area contributed by atoms with E-state index in [1.165, 1.54) is 12.1 Å². The number of aromatic carboxylic acids is 1. The van der Waals surface area contributed by atoms with E-state index < -0.39 is 29.3 Å². The number of aryl methyl sites for hydroxylation is 1. The molecule has 1 aliphatic rings. The van der Waals surface area contributed by atoms with E-state index in [1.807, 2.05) is 19.1 Å². The summed E-state index contributed by atoms with van der Waals surface area (Å²) in [6, 6.07) is 10.3. The van der Waals surface area contributed by atoms with Crippen LogP contribution in [0.1, 0.15) is 76.4 Å². The SMILES string of the molecule is [2H]C1([2H])C(C)(C)c2cc(C(=C)c3ccc(C(=O)O)cc3)c(C)cc2C(C)(C)C1([2H])O. The van der Waals surface area contributed by atoms with Gasteiger partial charge >= 0.3 is 5.97 Å². The minimum absolute atomic E-state index is 0.194. The zero-order chi connectivity index (χ0) is 22.9. The molecule has 3 heteroatoms. The molecular weight excluding hydrogens is 336 g/mol. The van der Waals surface area contributed by atoms with E-state index in [4.69, 9.17) is 9.22 Å². The third kappa shape index (κ3) is 3.21. The number of aliphatic hydroxyl groups is 1. The molecule has 3 rings (SSSR count). The second-order valence-electron chi connectivity index (χ2n) is 8.30. The smallest absolute Gasteiger partial charge is 0.335 e. The lowest BCUT2D eigenvalue weighted by molar-refractivity contribution is 0.0582. The highest BCUT2D eigenvalue weighted by molar-refractivity contribution is 5.89. The summed E-state index contributed by atoms with van der Waals surface area (Å²) in [4.78, 5) is 11.1. The molecule has 0 saturated heterocycles. The number of carboxylic acid groups (broad SMARTS) is 1. The predicted molar refractivity (Wildman–Crippen MR) is 109 cm³/mol. The average molecular weight is 368 g/mol. The van der Waals surface area contributed by atoms with Crippen LogP contribution in [0.25, 0.3) is 5.57 Å². The van der Waals surface area contributed by atoms with Gasteiger partial charge in [0.1, 0.15) is 0 Å². The second kappa shape index (κ2) is 6.35. The number of hydrogen-bond donors (Lipinski definition) is 2. The van der Waals surface area contributed by atoms with Crippen molar-refractivity contribution in [1.29, 1.82) is 0 Å². The third-order valence-electron chi connectivity index (χ3n) is 5.54. The van der Waals surface area contributed by atoms with Crippen LogP contribution in [0.15, 0.2) is 43.0 Å². The first-order valence-corrected chi connectivity index (χ1v) is 8.98. The van der Waals surface area contributed by atoms with Crippen LogP contribution < -0.4 is 0 Å². The first-order valence-electron chi connectivity index (χ1n) is 10.5. The number of carbonyl (C=O) groups is 1. The Kier molecular flexibility index (Phi) is 3.68. The number of rotatable bonds is 3. The molecule has 1 unspecified atom stereocenters.